The first kappa shape index (κ1) is 11.2. The van der Waals surface area contributed by atoms with Crippen molar-refractivity contribution in [3.63, 3.8) is 0 Å². The molecule has 5 nitrogen and oxygen atoms in total. The van der Waals surface area contributed by atoms with E-state index in [1.807, 2.05) is 38.1 Å². The predicted molar refractivity (Wildman–Crippen MR) is 67.3 cm³/mol. The summed E-state index contributed by atoms with van der Waals surface area (Å²) in [6.07, 6.45) is 1.57. The zero-order chi connectivity index (χ0) is 12.8. The maximum absolute atomic E-state index is 12.5. The number of ether oxygens (including phenoxy) is 1. The van der Waals surface area contributed by atoms with Crippen molar-refractivity contribution in [1.82, 2.24) is 14.5 Å². The lowest BCUT2D eigenvalue weighted by Gasteiger charge is -2.28. The van der Waals surface area contributed by atoms with Crippen molar-refractivity contribution < 1.29 is 9.53 Å². The van der Waals surface area contributed by atoms with Crippen molar-refractivity contribution in [3.8, 4) is 0 Å². The topological polar surface area (TPSA) is 47.4 Å². The number of benzene rings is 1. The van der Waals surface area contributed by atoms with E-state index < -0.39 is 0 Å². The van der Waals surface area contributed by atoms with Crippen molar-refractivity contribution in [2.45, 2.75) is 19.4 Å². The molecule has 0 saturated carbocycles. The molecule has 0 unspecified atom stereocenters. The molecule has 1 saturated heterocycles. The van der Waals surface area contributed by atoms with Gasteiger partial charge in [0, 0.05) is 0 Å². The quantitative estimate of drug-likeness (QED) is 0.714. The molecule has 0 bridgehead atoms. The van der Waals surface area contributed by atoms with Gasteiger partial charge in [-0.1, -0.05) is 12.1 Å². The van der Waals surface area contributed by atoms with Crippen molar-refractivity contribution >= 4 is 17.1 Å². The molecule has 0 aliphatic carbocycles. The average Bonchev–Trinajstić information content (AvgIpc) is 2.91. The highest BCUT2D eigenvalue weighted by Crippen LogP contribution is 2.23. The molecule has 0 N–H and O–H groups in total. The van der Waals surface area contributed by atoms with E-state index in [0.717, 1.165) is 11.0 Å². The van der Waals surface area contributed by atoms with Gasteiger partial charge in [0.1, 0.15) is 13.1 Å². The molecular formula is C13H15N3O2. The molecule has 2 aromatic rings. The molecule has 3 rings (SSSR count). The van der Waals surface area contributed by atoms with Crippen LogP contribution in [0, 0.1) is 0 Å². The largest absolute Gasteiger partial charge is 0.359 e. The third-order valence-electron chi connectivity index (χ3n) is 3.30. The average molecular weight is 245 g/mol. The number of fused-ring (bicyclic) bond motifs is 1. The van der Waals surface area contributed by atoms with E-state index in [4.69, 9.17) is 4.74 Å². The Labute approximate surface area is 105 Å². The molecule has 2 heterocycles. The molecule has 1 aliphatic heterocycles. The normalized spacial score (nSPS) is 18.4. The maximum atomic E-state index is 12.5. The molecule has 1 fully saturated rings. The summed E-state index contributed by atoms with van der Waals surface area (Å²) in [5, 5.41) is 0. The molecular weight excluding hydrogens is 230 g/mol. The van der Waals surface area contributed by atoms with E-state index in [9.17, 15) is 4.79 Å². The van der Waals surface area contributed by atoms with Gasteiger partial charge in [0.25, 0.3) is 0 Å². The van der Waals surface area contributed by atoms with E-state index in [0.29, 0.717) is 13.3 Å². The second-order valence-electron chi connectivity index (χ2n) is 5.10. The Hall–Kier alpha value is -1.88. The molecule has 1 aromatic heterocycles. The molecule has 1 amide bonds. The summed E-state index contributed by atoms with van der Waals surface area (Å²) in [4.78, 5) is 18.5. The van der Waals surface area contributed by atoms with Crippen LogP contribution in [0.1, 0.15) is 13.8 Å². The predicted octanol–water partition coefficient (Wildman–Crippen LogP) is 2.07. The summed E-state index contributed by atoms with van der Waals surface area (Å²) in [5.41, 5.74) is 1.37. The summed E-state index contributed by atoms with van der Waals surface area (Å²) in [5.74, 6) is 0. The van der Waals surface area contributed by atoms with Crippen LogP contribution in [0.25, 0.3) is 11.0 Å². The lowest BCUT2D eigenvalue weighted by Crippen LogP contribution is -2.46. The summed E-state index contributed by atoms with van der Waals surface area (Å²) in [6.45, 7) is 4.89. The van der Waals surface area contributed by atoms with Gasteiger partial charge in [-0.3, -0.25) is 9.47 Å². The van der Waals surface area contributed by atoms with Crippen LogP contribution < -0.4 is 0 Å². The number of hydrogen-bond donors (Lipinski definition) is 0. The summed E-state index contributed by atoms with van der Waals surface area (Å²) >= 11 is 0. The van der Waals surface area contributed by atoms with Crippen molar-refractivity contribution in [2.24, 2.45) is 0 Å². The number of rotatable bonds is 0. The number of hydrogen-bond acceptors (Lipinski definition) is 3. The first-order valence-electron chi connectivity index (χ1n) is 5.91. The first-order valence-corrected chi connectivity index (χ1v) is 5.91. The minimum atomic E-state index is -0.275. The van der Waals surface area contributed by atoms with Crippen LogP contribution in [-0.4, -0.2) is 39.4 Å². The van der Waals surface area contributed by atoms with Crippen LogP contribution in [0.4, 0.5) is 4.79 Å². The molecule has 1 aliphatic rings. The van der Waals surface area contributed by atoms with Gasteiger partial charge in [0.15, 0.2) is 0 Å². The molecule has 0 atom stereocenters. The Morgan fingerprint density at radius 2 is 2.17 bits per heavy atom. The van der Waals surface area contributed by atoms with Gasteiger partial charge in [-0.15, -0.1) is 0 Å². The molecule has 0 radical (unpaired) electrons. The van der Waals surface area contributed by atoms with E-state index in [1.165, 1.54) is 0 Å². The maximum Gasteiger partial charge on any atom is 0.332 e. The number of imidazole rings is 1. The minimum Gasteiger partial charge on any atom is -0.359 e. The fourth-order valence-corrected chi connectivity index (χ4v) is 2.20. The van der Waals surface area contributed by atoms with E-state index in [1.54, 1.807) is 15.8 Å². The van der Waals surface area contributed by atoms with Gasteiger partial charge < -0.3 is 4.74 Å². The fraction of sp³-hybridized carbons (Fsp3) is 0.385. The van der Waals surface area contributed by atoms with Crippen LogP contribution in [-0.2, 0) is 4.74 Å². The molecule has 5 heteroatoms. The van der Waals surface area contributed by atoms with E-state index >= 15 is 0 Å². The Balaban J connectivity index is 2.02. The Morgan fingerprint density at radius 3 is 2.89 bits per heavy atom. The zero-order valence-electron chi connectivity index (χ0n) is 10.5. The zero-order valence-corrected chi connectivity index (χ0v) is 10.5. The SMILES string of the molecule is CC1(C)COCN1C(=O)n1cnc2ccccc21. The smallest absolute Gasteiger partial charge is 0.332 e. The van der Waals surface area contributed by atoms with Crippen LogP contribution in [0.15, 0.2) is 30.6 Å². The number of para-hydroxylation sites is 2. The molecule has 0 spiro atoms. The van der Waals surface area contributed by atoms with Crippen LogP contribution in [0.5, 0.6) is 0 Å². The van der Waals surface area contributed by atoms with Crippen LogP contribution >= 0.6 is 0 Å². The number of nitrogens with zero attached hydrogens (tertiary/aromatic N) is 3. The van der Waals surface area contributed by atoms with Gasteiger partial charge in [-0.25, -0.2) is 9.78 Å². The van der Waals surface area contributed by atoms with Gasteiger partial charge in [-0.2, -0.15) is 0 Å². The molecule has 1 aromatic carbocycles. The van der Waals surface area contributed by atoms with Crippen molar-refractivity contribution in [2.75, 3.05) is 13.3 Å². The number of aromatic nitrogens is 2. The van der Waals surface area contributed by atoms with E-state index in [2.05, 4.69) is 4.98 Å². The van der Waals surface area contributed by atoms with Gasteiger partial charge in [0.05, 0.1) is 23.2 Å². The lowest BCUT2D eigenvalue weighted by atomic mass is 10.1. The van der Waals surface area contributed by atoms with E-state index in [-0.39, 0.29) is 11.6 Å². The summed E-state index contributed by atoms with van der Waals surface area (Å²) in [6, 6.07) is 7.51. The van der Waals surface area contributed by atoms with Crippen molar-refractivity contribution in [3.05, 3.63) is 30.6 Å². The Morgan fingerprint density at radius 1 is 1.39 bits per heavy atom. The second kappa shape index (κ2) is 3.81. The number of carbonyl (C=O) groups is 1. The van der Waals surface area contributed by atoms with Gasteiger partial charge in [-0.05, 0) is 26.0 Å². The Bertz CT molecular complexity index is 603. The minimum absolute atomic E-state index is 0.0915. The highest BCUT2D eigenvalue weighted by Gasteiger charge is 2.37. The van der Waals surface area contributed by atoms with Crippen LogP contribution in [0.2, 0.25) is 0 Å². The molecule has 18 heavy (non-hydrogen) atoms. The standard InChI is InChI=1S/C13H15N3O2/c1-13(2)7-18-9-16(13)12(17)15-8-14-10-5-3-4-6-11(10)15/h3-6,8H,7,9H2,1-2H3. The summed E-state index contributed by atoms with van der Waals surface area (Å²) in [7, 11) is 0. The fourth-order valence-electron chi connectivity index (χ4n) is 2.20. The summed E-state index contributed by atoms with van der Waals surface area (Å²) < 4.78 is 6.95. The third-order valence-corrected chi connectivity index (χ3v) is 3.30. The highest BCUT2D eigenvalue weighted by atomic mass is 16.5. The van der Waals surface area contributed by atoms with Gasteiger partial charge >= 0.3 is 6.03 Å². The second-order valence-corrected chi connectivity index (χ2v) is 5.10. The monoisotopic (exact) mass is 245 g/mol. The number of amides is 1. The first-order chi connectivity index (χ1) is 8.59. The highest BCUT2D eigenvalue weighted by molar-refractivity contribution is 5.89. The van der Waals surface area contributed by atoms with Crippen molar-refractivity contribution in [1.29, 1.82) is 0 Å². The van der Waals surface area contributed by atoms with Gasteiger partial charge in [0.2, 0.25) is 0 Å². The van der Waals surface area contributed by atoms with Crippen LogP contribution in [0.3, 0.4) is 0 Å². The Kier molecular flexibility index (Phi) is 2.38. The number of carbonyl (C=O) groups excluding carboxylic acids is 1. The third kappa shape index (κ3) is 1.59. The lowest BCUT2D eigenvalue weighted by molar-refractivity contribution is 0.140. The molecule has 94 valence electrons.